The van der Waals surface area contributed by atoms with Gasteiger partial charge in [-0.1, -0.05) is 19.9 Å². The quantitative estimate of drug-likeness (QED) is 0.775. The summed E-state index contributed by atoms with van der Waals surface area (Å²) in [5.74, 6) is 1.30. The van der Waals surface area contributed by atoms with Gasteiger partial charge in [0.05, 0.1) is 5.52 Å². The summed E-state index contributed by atoms with van der Waals surface area (Å²) in [6.45, 7) is 5.76. The van der Waals surface area contributed by atoms with E-state index in [0.717, 1.165) is 11.3 Å². The summed E-state index contributed by atoms with van der Waals surface area (Å²) in [5.41, 5.74) is 1.97. The predicted molar refractivity (Wildman–Crippen MR) is 64.1 cm³/mol. The summed E-state index contributed by atoms with van der Waals surface area (Å²) < 4.78 is 13.6. The number of benzene rings is 1. The maximum atomic E-state index is 13.6. The minimum absolute atomic E-state index is 0.189. The molecule has 1 fully saturated rings. The Bertz CT molecular complexity index is 498. The number of hydrogen-bond acceptors (Lipinski definition) is 1. The molecule has 0 radical (unpaired) electrons. The number of imidazole rings is 1. The highest BCUT2D eigenvalue weighted by Gasteiger charge is 2.27. The number of aryl methyl sites for hydroxylation is 1. The molecule has 0 bridgehead atoms. The van der Waals surface area contributed by atoms with Crippen LogP contribution in [0.4, 0.5) is 4.39 Å². The normalized spacial score (nSPS) is 14.8. The van der Waals surface area contributed by atoms with E-state index in [4.69, 9.17) is 0 Å². The molecule has 0 amide bonds. The fourth-order valence-electron chi connectivity index (χ4n) is 1.71. The molecule has 0 atom stereocenters. The standard InChI is InChI=1S/C11H11FN2.C2H6/c1-6-2-5-8-10(9(6)12)14-11(13-8)7-3-4-7;1-2/h2,5,7H,3-4H2,1H3,(H,13,14);1-2H3. The van der Waals surface area contributed by atoms with Gasteiger partial charge >= 0.3 is 0 Å². The molecule has 0 spiro atoms. The molecule has 3 heteroatoms. The molecule has 0 unspecified atom stereocenters. The smallest absolute Gasteiger partial charge is 0.153 e. The van der Waals surface area contributed by atoms with Crippen molar-refractivity contribution in [3.05, 3.63) is 29.3 Å². The van der Waals surface area contributed by atoms with Crippen LogP contribution < -0.4 is 0 Å². The molecular weight excluding hydrogens is 203 g/mol. The molecular formula is C13H17FN2. The van der Waals surface area contributed by atoms with Crippen LogP contribution in [0.15, 0.2) is 12.1 Å². The third-order valence-corrected chi connectivity index (χ3v) is 2.77. The lowest BCUT2D eigenvalue weighted by atomic mass is 10.2. The van der Waals surface area contributed by atoms with Crippen molar-refractivity contribution in [2.75, 3.05) is 0 Å². The van der Waals surface area contributed by atoms with Crippen molar-refractivity contribution in [1.82, 2.24) is 9.97 Å². The van der Waals surface area contributed by atoms with Gasteiger partial charge in [-0.15, -0.1) is 0 Å². The van der Waals surface area contributed by atoms with Gasteiger partial charge in [-0.25, -0.2) is 9.37 Å². The van der Waals surface area contributed by atoms with Crippen LogP contribution in [0.5, 0.6) is 0 Å². The highest BCUT2D eigenvalue weighted by molar-refractivity contribution is 5.76. The third-order valence-electron chi connectivity index (χ3n) is 2.77. The molecule has 86 valence electrons. The van der Waals surface area contributed by atoms with E-state index in [1.807, 2.05) is 19.9 Å². The summed E-state index contributed by atoms with van der Waals surface area (Å²) in [7, 11) is 0. The topological polar surface area (TPSA) is 28.7 Å². The van der Waals surface area contributed by atoms with Gasteiger partial charge in [0.25, 0.3) is 0 Å². The zero-order chi connectivity index (χ0) is 11.7. The van der Waals surface area contributed by atoms with Crippen molar-refractivity contribution in [3.63, 3.8) is 0 Å². The van der Waals surface area contributed by atoms with Gasteiger partial charge in [0.1, 0.15) is 11.3 Å². The van der Waals surface area contributed by atoms with E-state index in [-0.39, 0.29) is 5.82 Å². The monoisotopic (exact) mass is 220 g/mol. The number of hydrogen-bond donors (Lipinski definition) is 1. The Labute approximate surface area is 94.9 Å². The van der Waals surface area contributed by atoms with E-state index in [9.17, 15) is 4.39 Å². The summed E-state index contributed by atoms with van der Waals surface area (Å²) >= 11 is 0. The average Bonchev–Trinajstić information content (AvgIpc) is 3.07. The van der Waals surface area contributed by atoms with Crippen molar-refractivity contribution in [2.45, 2.75) is 39.5 Å². The number of halogens is 1. The van der Waals surface area contributed by atoms with Gasteiger partial charge in [0.15, 0.2) is 5.82 Å². The second kappa shape index (κ2) is 4.24. The Kier molecular flexibility index (Phi) is 2.95. The summed E-state index contributed by atoms with van der Waals surface area (Å²) in [4.78, 5) is 7.48. The van der Waals surface area contributed by atoms with Gasteiger partial charge in [0.2, 0.25) is 0 Å². The molecule has 1 aliphatic carbocycles. The first-order chi connectivity index (χ1) is 7.75. The highest BCUT2D eigenvalue weighted by atomic mass is 19.1. The molecule has 2 aromatic rings. The van der Waals surface area contributed by atoms with Crippen LogP contribution in [0.25, 0.3) is 11.0 Å². The zero-order valence-corrected chi connectivity index (χ0v) is 9.97. The van der Waals surface area contributed by atoms with E-state index in [1.54, 1.807) is 13.0 Å². The summed E-state index contributed by atoms with van der Waals surface area (Å²) in [6.07, 6.45) is 2.36. The van der Waals surface area contributed by atoms with Crippen LogP contribution in [0.2, 0.25) is 0 Å². The number of rotatable bonds is 1. The largest absolute Gasteiger partial charge is 0.342 e. The Balaban J connectivity index is 0.000000457. The van der Waals surface area contributed by atoms with Gasteiger partial charge in [-0.05, 0) is 31.4 Å². The van der Waals surface area contributed by atoms with E-state index in [1.165, 1.54) is 12.8 Å². The lowest BCUT2D eigenvalue weighted by Gasteiger charge is -1.94. The van der Waals surface area contributed by atoms with Gasteiger partial charge < -0.3 is 4.98 Å². The summed E-state index contributed by atoms with van der Waals surface area (Å²) in [6, 6.07) is 3.68. The number of H-pyrrole nitrogens is 1. The Hall–Kier alpha value is -1.38. The van der Waals surface area contributed by atoms with Crippen LogP contribution in [0, 0.1) is 12.7 Å². The summed E-state index contributed by atoms with van der Waals surface area (Å²) in [5, 5.41) is 0. The average molecular weight is 220 g/mol. The Morgan fingerprint density at radius 2 is 2.00 bits per heavy atom. The molecule has 1 heterocycles. The third kappa shape index (κ3) is 1.82. The number of aromatic nitrogens is 2. The molecule has 3 rings (SSSR count). The Morgan fingerprint density at radius 3 is 2.62 bits per heavy atom. The number of nitrogens with one attached hydrogen (secondary N) is 1. The molecule has 1 saturated carbocycles. The lowest BCUT2D eigenvalue weighted by molar-refractivity contribution is 0.628. The predicted octanol–water partition coefficient (Wildman–Crippen LogP) is 3.91. The van der Waals surface area contributed by atoms with Crippen LogP contribution >= 0.6 is 0 Å². The van der Waals surface area contributed by atoms with Crippen molar-refractivity contribution in [2.24, 2.45) is 0 Å². The van der Waals surface area contributed by atoms with Crippen molar-refractivity contribution < 1.29 is 4.39 Å². The van der Waals surface area contributed by atoms with Crippen LogP contribution in [0.3, 0.4) is 0 Å². The van der Waals surface area contributed by atoms with Crippen LogP contribution in [0.1, 0.15) is 44.0 Å². The number of nitrogens with zero attached hydrogens (tertiary/aromatic N) is 1. The number of aromatic amines is 1. The molecule has 1 N–H and O–H groups in total. The first-order valence-corrected chi connectivity index (χ1v) is 5.90. The van der Waals surface area contributed by atoms with E-state index >= 15 is 0 Å². The second-order valence-corrected chi connectivity index (χ2v) is 3.99. The van der Waals surface area contributed by atoms with Crippen molar-refractivity contribution in [1.29, 1.82) is 0 Å². The molecule has 0 saturated heterocycles. The molecule has 0 aliphatic heterocycles. The van der Waals surface area contributed by atoms with E-state index in [2.05, 4.69) is 9.97 Å². The van der Waals surface area contributed by atoms with Crippen molar-refractivity contribution >= 4 is 11.0 Å². The second-order valence-electron chi connectivity index (χ2n) is 3.99. The SMILES string of the molecule is CC.Cc1ccc2[nH]c(C3CC3)nc2c1F. The number of fused-ring (bicyclic) bond motifs is 1. The minimum atomic E-state index is -0.189. The zero-order valence-electron chi connectivity index (χ0n) is 9.97. The van der Waals surface area contributed by atoms with Gasteiger partial charge in [0, 0.05) is 5.92 Å². The molecule has 1 aromatic carbocycles. The maximum absolute atomic E-state index is 13.6. The maximum Gasteiger partial charge on any atom is 0.153 e. The van der Waals surface area contributed by atoms with E-state index in [0.29, 0.717) is 17.0 Å². The van der Waals surface area contributed by atoms with Gasteiger partial charge in [-0.3, -0.25) is 0 Å². The first-order valence-electron chi connectivity index (χ1n) is 5.90. The molecule has 1 aromatic heterocycles. The molecule has 1 aliphatic rings. The first kappa shape index (κ1) is 11.1. The fourth-order valence-corrected chi connectivity index (χ4v) is 1.71. The Morgan fingerprint density at radius 1 is 1.31 bits per heavy atom. The fraction of sp³-hybridized carbons (Fsp3) is 0.462. The lowest BCUT2D eigenvalue weighted by Crippen LogP contribution is -1.83. The molecule has 16 heavy (non-hydrogen) atoms. The molecule has 2 nitrogen and oxygen atoms in total. The van der Waals surface area contributed by atoms with Crippen molar-refractivity contribution in [3.8, 4) is 0 Å². The van der Waals surface area contributed by atoms with E-state index < -0.39 is 0 Å². The van der Waals surface area contributed by atoms with Crippen LogP contribution in [-0.4, -0.2) is 9.97 Å². The van der Waals surface area contributed by atoms with Crippen LogP contribution in [-0.2, 0) is 0 Å². The van der Waals surface area contributed by atoms with Gasteiger partial charge in [-0.2, -0.15) is 0 Å². The highest BCUT2D eigenvalue weighted by Crippen LogP contribution is 2.39. The minimum Gasteiger partial charge on any atom is -0.342 e.